The molecule has 0 aromatic rings. The van der Waals surface area contributed by atoms with Crippen molar-refractivity contribution in [2.24, 2.45) is 0 Å². The Morgan fingerprint density at radius 1 is 0.714 bits per heavy atom. The van der Waals surface area contributed by atoms with E-state index in [1.165, 1.54) is 69.9 Å². The van der Waals surface area contributed by atoms with E-state index in [4.69, 9.17) is 0 Å². The zero-order chi connectivity index (χ0) is 16.0. The number of rotatable bonds is 14. The van der Waals surface area contributed by atoms with E-state index in [1.54, 1.807) is 0 Å². The maximum atomic E-state index is 12.4. The van der Waals surface area contributed by atoms with Gasteiger partial charge < -0.3 is 0 Å². The molecule has 0 amide bonds. The van der Waals surface area contributed by atoms with Crippen LogP contribution in [0.2, 0.25) is 0 Å². The topological polar surface area (TPSA) is 17.1 Å². The number of Topliss-reactive ketones (excluding diaryl/α,β-unsaturated/α-hetero) is 1. The Morgan fingerprint density at radius 3 is 1.52 bits per heavy atom. The van der Waals surface area contributed by atoms with Crippen LogP contribution in [0.3, 0.4) is 0 Å². The van der Waals surface area contributed by atoms with Gasteiger partial charge in [-0.2, -0.15) is 0 Å². The summed E-state index contributed by atoms with van der Waals surface area (Å²) in [5, 5.41) is 0. The first kappa shape index (κ1) is 21.0. The van der Waals surface area contributed by atoms with Crippen LogP contribution < -0.4 is 0 Å². The van der Waals surface area contributed by atoms with Gasteiger partial charge >= 0.3 is 0 Å². The number of carbonyl (C=O) groups excluding carboxylic acids is 1. The molecule has 0 aromatic heterocycles. The van der Waals surface area contributed by atoms with Gasteiger partial charge in [0, 0.05) is 6.42 Å². The molecule has 0 heterocycles. The fraction of sp³-hybridized carbons (Fsp3) is 0.895. The van der Waals surface area contributed by atoms with Gasteiger partial charge in [0.2, 0.25) is 0 Å². The Kier molecular flexibility index (Phi) is 13.6. The third kappa shape index (κ3) is 10.3. The maximum Gasteiger partial charge on any atom is 0.155 e. The Hall–Kier alpha value is -0.0300. The molecule has 0 saturated heterocycles. The summed E-state index contributed by atoms with van der Waals surface area (Å²) in [6.45, 7) is 7.90. The van der Waals surface area contributed by atoms with E-state index >= 15 is 0 Å². The smallest absolute Gasteiger partial charge is 0.155 e. The van der Waals surface area contributed by atoms with Gasteiger partial charge in [-0.25, -0.2) is 0 Å². The van der Waals surface area contributed by atoms with Gasteiger partial charge in [0.15, 0.2) is 5.78 Å². The lowest BCUT2D eigenvalue weighted by atomic mass is 10.2. The SMILES string of the molecule is CCCCCC(=O)C=P(CCCC)(CCCC)CCCC. The third-order valence-electron chi connectivity index (χ3n) is 4.32. The summed E-state index contributed by atoms with van der Waals surface area (Å²) < 4.78 is 0. The molecule has 0 bridgehead atoms. The molecule has 0 radical (unpaired) electrons. The van der Waals surface area contributed by atoms with E-state index in [1.807, 2.05) is 0 Å². The van der Waals surface area contributed by atoms with E-state index in [0.29, 0.717) is 5.78 Å². The Labute approximate surface area is 134 Å². The average Bonchev–Trinajstić information content (AvgIpc) is 2.49. The van der Waals surface area contributed by atoms with E-state index in [2.05, 4.69) is 33.5 Å². The quantitative estimate of drug-likeness (QED) is 0.269. The molecule has 0 N–H and O–H groups in total. The van der Waals surface area contributed by atoms with Gasteiger partial charge in [0.05, 0.1) is 0 Å². The number of carbonyl (C=O) groups is 1. The third-order valence-corrected chi connectivity index (χ3v) is 8.77. The minimum Gasteiger partial charge on any atom is -0.295 e. The van der Waals surface area contributed by atoms with Gasteiger partial charge in [-0.15, -0.1) is 6.89 Å². The highest BCUT2D eigenvalue weighted by molar-refractivity contribution is 7.76. The van der Waals surface area contributed by atoms with Crippen LogP contribution in [0.4, 0.5) is 0 Å². The van der Waals surface area contributed by atoms with Crippen molar-refractivity contribution in [3.63, 3.8) is 0 Å². The fourth-order valence-corrected chi connectivity index (χ4v) is 7.50. The second kappa shape index (κ2) is 13.6. The Morgan fingerprint density at radius 2 is 1.14 bits per heavy atom. The van der Waals surface area contributed by atoms with Gasteiger partial charge in [-0.05, 0) is 50.0 Å². The molecule has 0 aliphatic carbocycles. The summed E-state index contributed by atoms with van der Waals surface area (Å²) in [6, 6.07) is 0. The molecule has 0 unspecified atom stereocenters. The van der Waals surface area contributed by atoms with Crippen LogP contribution in [0.1, 0.15) is 91.9 Å². The number of hydrogen-bond donors (Lipinski definition) is 0. The zero-order valence-corrected chi connectivity index (χ0v) is 16.0. The maximum absolute atomic E-state index is 12.4. The molecule has 126 valence electrons. The van der Waals surface area contributed by atoms with Gasteiger partial charge in [-0.1, -0.05) is 59.8 Å². The molecular formula is C19H39OP. The number of hydrogen-bond acceptors (Lipinski definition) is 1. The first-order chi connectivity index (χ1) is 10.1. The molecule has 0 rings (SSSR count). The second-order valence-corrected chi connectivity index (χ2v) is 10.5. The van der Waals surface area contributed by atoms with Crippen LogP contribution >= 0.6 is 6.89 Å². The molecule has 21 heavy (non-hydrogen) atoms. The van der Waals surface area contributed by atoms with E-state index < -0.39 is 6.89 Å². The standard InChI is InChI=1S/C19H39OP/c1-5-9-13-14-19(20)18-21(15-10-6-2,16-11-7-3)17-12-8-4/h18H,5-17H2,1-4H3. The summed E-state index contributed by atoms with van der Waals surface area (Å²) in [7, 11) is 0. The predicted octanol–water partition coefficient (Wildman–Crippen LogP) is 6.36. The van der Waals surface area contributed by atoms with Crippen molar-refractivity contribution in [2.75, 3.05) is 18.5 Å². The molecule has 0 aliphatic rings. The lowest BCUT2D eigenvalue weighted by Gasteiger charge is -2.26. The van der Waals surface area contributed by atoms with Gasteiger partial charge in [0.1, 0.15) is 0 Å². The van der Waals surface area contributed by atoms with Crippen LogP contribution in [0.5, 0.6) is 0 Å². The van der Waals surface area contributed by atoms with Crippen LogP contribution in [-0.4, -0.2) is 30.1 Å². The minimum absolute atomic E-state index is 0.458. The van der Waals surface area contributed by atoms with Crippen LogP contribution in [0, 0.1) is 0 Å². The normalized spacial score (nSPS) is 11.6. The molecule has 0 saturated carbocycles. The van der Waals surface area contributed by atoms with Crippen LogP contribution in [0.15, 0.2) is 0 Å². The van der Waals surface area contributed by atoms with Crippen LogP contribution in [0.25, 0.3) is 0 Å². The molecule has 1 nitrogen and oxygen atoms in total. The number of unbranched alkanes of at least 4 members (excludes halogenated alkanes) is 5. The summed E-state index contributed by atoms with van der Waals surface area (Å²) in [5.41, 5.74) is 0. The van der Waals surface area contributed by atoms with E-state index in [0.717, 1.165) is 12.8 Å². The van der Waals surface area contributed by atoms with Crippen molar-refractivity contribution < 1.29 is 4.79 Å². The molecule has 0 aromatic carbocycles. The highest BCUT2D eigenvalue weighted by Crippen LogP contribution is 2.49. The van der Waals surface area contributed by atoms with Crippen molar-refractivity contribution in [3.8, 4) is 0 Å². The predicted molar refractivity (Wildman–Crippen MR) is 101 cm³/mol. The Balaban J connectivity index is 4.94. The lowest BCUT2D eigenvalue weighted by Crippen LogP contribution is -2.10. The van der Waals surface area contributed by atoms with Gasteiger partial charge in [-0.3, -0.25) is 4.79 Å². The van der Waals surface area contributed by atoms with Crippen molar-refractivity contribution in [1.29, 1.82) is 0 Å². The lowest BCUT2D eigenvalue weighted by molar-refractivity contribution is -0.112. The number of ketones is 1. The van der Waals surface area contributed by atoms with E-state index in [-0.39, 0.29) is 0 Å². The molecule has 0 atom stereocenters. The fourth-order valence-electron chi connectivity index (χ4n) is 2.87. The van der Waals surface area contributed by atoms with E-state index in [9.17, 15) is 4.79 Å². The monoisotopic (exact) mass is 314 g/mol. The first-order valence-electron chi connectivity index (χ1n) is 9.38. The first-order valence-corrected chi connectivity index (χ1v) is 11.8. The van der Waals surface area contributed by atoms with Gasteiger partial charge in [0.25, 0.3) is 0 Å². The zero-order valence-electron chi connectivity index (χ0n) is 15.1. The largest absolute Gasteiger partial charge is 0.295 e. The van der Waals surface area contributed by atoms with Crippen molar-refractivity contribution in [1.82, 2.24) is 0 Å². The van der Waals surface area contributed by atoms with Crippen molar-refractivity contribution in [3.05, 3.63) is 0 Å². The molecule has 0 fully saturated rings. The van der Waals surface area contributed by atoms with Crippen LogP contribution in [-0.2, 0) is 4.79 Å². The average molecular weight is 314 g/mol. The highest BCUT2D eigenvalue weighted by Gasteiger charge is 2.17. The highest BCUT2D eigenvalue weighted by atomic mass is 31.2. The summed E-state index contributed by atoms with van der Waals surface area (Å²) >= 11 is 0. The molecule has 2 heteroatoms. The molecule has 0 aliphatic heterocycles. The summed E-state index contributed by atoms with van der Waals surface area (Å²) in [4.78, 5) is 12.4. The van der Waals surface area contributed by atoms with Crippen molar-refractivity contribution in [2.45, 2.75) is 91.9 Å². The Bertz CT molecular complexity index is 278. The minimum atomic E-state index is -1.13. The summed E-state index contributed by atoms with van der Waals surface area (Å²) in [5.74, 6) is 2.73. The second-order valence-electron chi connectivity index (χ2n) is 6.50. The van der Waals surface area contributed by atoms with Crippen molar-refractivity contribution >= 4 is 18.5 Å². The molecule has 0 spiro atoms. The summed E-state index contributed by atoms with van der Waals surface area (Å²) in [6.07, 6.45) is 15.9. The molecular weight excluding hydrogens is 275 g/mol.